The van der Waals surface area contributed by atoms with Crippen LogP contribution >= 0.6 is 0 Å². The van der Waals surface area contributed by atoms with Crippen LogP contribution in [0.1, 0.15) is 33.6 Å². The van der Waals surface area contributed by atoms with Crippen molar-refractivity contribution in [1.29, 1.82) is 0 Å². The van der Waals surface area contributed by atoms with Crippen LogP contribution in [0, 0.1) is 0 Å². The van der Waals surface area contributed by atoms with E-state index in [2.05, 4.69) is 0 Å². The predicted molar refractivity (Wildman–Crippen MR) is 53.6 cm³/mol. The van der Waals surface area contributed by atoms with Crippen LogP contribution in [0.4, 0.5) is 0 Å². The molecular formula is C11H16O5. The Morgan fingerprint density at radius 1 is 1.44 bits per heavy atom. The molecule has 1 heterocycles. The fourth-order valence-electron chi connectivity index (χ4n) is 2.56. The van der Waals surface area contributed by atoms with Crippen molar-refractivity contribution >= 4 is 12.3 Å². The third-order valence-electron chi connectivity index (χ3n) is 3.04. The average Bonchev–Trinajstić information content (AvgIpc) is 2.58. The van der Waals surface area contributed by atoms with Gasteiger partial charge in [0, 0.05) is 6.92 Å². The van der Waals surface area contributed by atoms with Crippen LogP contribution in [-0.4, -0.2) is 35.9 Å². The van der Waals surface area contributed by atoms with Gasteiger partial charge in [0.1, 0.15) is 12.2 Å². The SMILES string of the molecule is CC(=O)O[C@@H]1CC[C@H]2OC(C)(C)O[C@@]12C=O. The van der Waals surface area contributed by atoms with Gasteiger partial charge in [0.2, 0.25) is 0 Å². The average molecular weight is 228 g/mol. The Morgan fingerprint density at radius 2 is 2.12 bits per heavy atom. The molecular weight excluding hydrogens is 212 g/mol. The van der Waals surface area contributed by atoms with Gasteiger partial charge in [-0.1, -0.05) is 0 Å². The van der Waals surface area contributed by atoms with Gasteiger partial charge in [0.25, 0.3) is 0 Å². The summed E-state index contributed by atoms with van der Waals surface area (Å²) in [5, 5.41) is 0. The summed E-state index contributed by atoms with van der Waals surface area (Å²) >= 11 is 0. The zero-order valence-corrected chi connectivity index (χ0v) is 9.69. The molecule has 2 aliphatic rings. The van der Waals surface area contributed by atoms with E-state index in [1.54, 1.807) is 13.8 Å². The topological polar surface area (TPSA) is 61.8 Å². The van der Waals surface area contributed by atoms with Crippen molar-refractivity contribution in [3.63, 3.8) is 0 Å². The third-order valence-corrected chi connectivity index (χ3v) is 3.04. The fraction of sp³-hybridized carbons (Fsp3) is 0.818. The van der Waals surface area contributed by atoms with Crippen molar-refractivity contribution < 1.29 is 23.8 Å². The zero-order valence-electron chi connectivity index (χ0n) is 9.69. The maximum atomic E-state index is 11.3. The summed E-state index contributed by atoms with van der Waals surface area (Å²) in [6.07, 6.45) is 1.13. The number of carbonyl (C=O) groups excluding carboxylic acids is 2. The lowest BCUT2D eigenvalue weighted by atomic mass is 10.00. The Labute approximate surface area is 94.0 Å². The third kappa shape index (κ3) is 1.64. The minimum atomic E-state index is -1.12. The monoisotopic (exact) mass is 228 g/mol. The molecule has 1 aliphatic carbocycles. The summed E-state index contributed by atoms with van der Waals surface area (Å²) in [5.41, 5.74) is -1.12. The van der Waals surface area contributed by atoms with Gasteiger partial charge in [-0.05, 0) is 26.7 Å². The number of hydrogen-bond acceptors (Lipinski definition) is 5. The van der Waals surface area contributed by atoms with Crippen LogP contribution in [0.3, 0.4) is 0 Å². The smallest absolute Gasteiger partial charge is 0.303 e. The molecule has 2 fully saturated rings. The normalized spacial score (nSPS) is 40.4. The Bertz CT molecular complexity index is 324. The lowest BCUT2D eigenvalue weighted by Crippen LogP contribution is -2.48. The Morgan fingerprint density at radius 3 is 2.69 bits per heavy atom. The van der Waals surface area contributed by atoms with E-state index in [0.29, 0.717) is 19.1 Å². The van der Waals surface area contributed by atoms with Gasteiger partial charge in [0.05, 0.1) is 0 Å². The van der Waals surface area contributed by atoms with Crippen molar-refractivity contribution in [2.24, 2.45) is 0 Å². The number of carbonyl (C=O) groups is 2. The van der Waals surface area contributed by atoms with Crippen LogP contribution in [-0.2, 0) is 23.8 Å². The molecule has 0 radical (unpaired) electrons. The van der Waals surface area contributed by atoms with E-state index in [9.17, 15) is 9.59 Å². The van der Waals surface area contributed by atoms with E-state index in [-0.39, 0.29) is 6.10 Å². The molecule has 2 rings (SSSR count). The van der Waals surface area contributed by atoms with E-state index < -0.39 is 23.5 Å². The molecule has 0 spiro atoms. The molecule has 16 heavy (non-hydrogen) atoms. The van der Waals surface area contributed by atoms with E-state index in [4.69, 9.17) is 14.2 Å². The van der Waals surface area contributed by atoms with Gasteiger partial charge in [-0.25, -0.2) is 0 Å². The van der Waals surface area contributed by atoms with Crippen molar-refractivity contribution in [3.8, 4) is 0 Å². The maximum Gasteiger partial charge on any atom is 0.303 e. The Kier molecular flexibility index (Phi) is 2.55. The molecule has 1 saturated heterocycles. The van der Waals surface area contributed by atoms with Crippen molar-refractivity contribution in [1.82, 2.24) is 0 Å². The fourth-order valence-corrected chi connectivity index (χ4v) is 2.56. The molecule has 90 valence electrons. The molecule has 1 aliphatic heterocycles. The Balaban J connectivity index is 2.25. The summed E-state index contributed by atoms with van der Waals surface area (Å²) < 4.78 is 16.4. The summed E-state index contributed by atoms with van der Waals surface area (Å²) in [5.74, 6) is -1.20. The second-order valence-corrected chi connectivity index (χ2v) is 4.76. The summed E-state index contributed by atoms with van der Waals surface area (Å²) in [4.78, 5) is 22.3. The highest BCUT2D eigenvalue weighted by Crippen LogP contribution is 2.46. The highest BCUT2D eigenvalue weighted by Gasteiger charge is 2.62. The van der Waals surface area contributed by atoms with Crippen LogP contribution in [0.15, 0.2) is 0 Å². The number of hydrogen-bond donors (Lipinski definition) is 0. The van der Waals surface area contributed by atoms with Crippen LogP contribution in [0.5, 0.6) is 0 Å². The molecule has 0 N–H and O–H groups in total. The molecule has 5 nitrogen and oxygen atoms in total. The second kappa shape index (κ2) is 3.53. The largest absolute Gasteiger partial charge is 0.459 e. The quantitative estimate of drug-likeness (QED) is 0.517. The number of esters is 1. The molecule has 0 bridgehead atoms. The van der Waals surface area contributed by atoms with E-state index in [1.807, 2.05) is 0 Å². The highest BCUT2D eigenvalue weighted by atomic mass is 16.8. The molecule has 0 aromatic heterocycles. The highest BCUT2D eigenvalue weighted by molar-refractivity contribution is 5.70. The molecule has 0 unspecified atom stereocenters. The molecule has 1 saturated carbocycles. The summed E-state index contributed by atoms with van der Waals surface area (Å²) in [6, 6.07) is 0. The first-order valence-electron chi connectivity index (χ1n) is 5.41. The van der Waals surface area contributed by atoms with E-state index in [0.717, 1.165) is 0 Å². The molecule has 3 atom stereocenters. The minimum absolute atomic E-state index is 0.315. The van der Waals surface area contributed by atoms with Crippen molar-refractivity contribution in [2.45, 2.75) is 57.2 Å². The van der Waals surface area contributed by atoms with E-state index >= 15 is 0 Å². The Hall–Kier alpha value is -0.940. The van der Waals surface area contributed by atoms with Crippen LogP contribution < -0.4 is 0 Å². The number of fused-ring (bicyclic) bond motifs is 1. The molecule has 0 aromatic rings. The molecule has 0 amide bonds. The van der Waals surface area contributed by atoms with Gasteiger partial charge in [0.15, 0.2) is 17.7 Å². The predicted octanol–water partition coefficient (Wildman–Crippen LogP) is 0.801. The van der Waals surface area contributed by atoms with Gasteiger partial charge >= 0.3 is 5.97 Å². The lowest BCUT2D eigenvalue weighted by Gasteiger charge is -2.28. The van der Waals surface area contributed by atoms with Gasteiger partial charge < -0.3 is 14.2 Å². The number of ether oxygens (including phenoxy) is 3. The van der Waals surface area contributed by atoms with Gasteiger partial charge in [-0.2, -0.15) is 0 Å². The summed E-state index contributed by atoms with van der Waals surface area (Å²) in [7, 11) is 0. The maximum absolute atomic E-state index is 11.3. The van der Waals surface area contributed by atoms with Gasteiger partial charge in [-0.3, -0.25) is 9.59 Å². The first-order chi connectivity index (χ1) is 7.39. The first kappa shape index (κ1) is 11.5. The standard InChI is InChI=1S/C11H16O5/c1-7(13)14-8-4-5-9-11(8,6-12)16-10(2,3)15-9/h6,8-9H,4-5H2,1-3H3/t8-,9-,11+/m1/s1. The minimum Gasteiger partial charge on any atom is -0.459 e. The van der Waals surface area contributed by atoms with Crippen LogP contribution in [0.2, 0.25) is 0 Å². The molecule has 5 heteroatoms. The second-order valence-electron chi connectivity index (χ2n) is 4.76. The van der Waals surface area contributed by atoms with Crippen molar-refractivity contribution in [3.05, 3.63) is 0 Å². The van der Waals surface area contributed by atoms with E-state index in [1.165, 1.54) is 6.92 Å². The molecule has 0 aromatic carbocycles. The summed E-state index contributed by atoms with van der Waals surface area (Å²) in [6.45, 7) is 4.83. The van der Waals surface area contributed by atoms with Crippen LogP contribution in [0.25, 0.3) is 0 Å². The van der Waals surface area contributed by atoms with Crippen molar-refractivity contribution in [2.75, 3.05) is 0 Å². The number of aldehydes is 1. The van der Waals surface area contributed by atoms with Gasteiger partial charge in [-0.15, -0.1) is 0 Å². The number of rotatable bonds is 2. The first-order valence-corrected chi connectivity index (χ1v) is 5.41. The zero-order chi connectivity index (χ0) is 12.0. The lowest BCUT2D eigenvalue weighted by molar-refractivity contribution is -0.194.